The highest BCUT2D eigenvalue weighted by atomic mass is 16.5. The Hall–Kier alpha value is -2.31. The Kier molecular flexibility index (Phi) is 6.19. The van der Waals surface area contributed by atoms with Crippen molar-refractivity contribution in [2.24, 2.45) is 5.92 Å². The fourth-order valence-corrected chi connectivity index (χ4v) is 2.59. The van der Waals surface area contributed by atoms with Crippen LogP contribution >= 0.6 is 0 Å². The van der Waals surface area contributed by atoms with E-state index in [-0.39, 0.29) is 36.7 Å². The summed E-state index contributed by atoms with van der Waals surface area (Å²) in [4.78, 5) is 37.4. The van der Waals surface area contributed by atoms with Crippen molar-refractivity contribution in [1.29, 1.82) is 0 Å². The second-order valence-corrected chi connectivity index (χ2v) is 5.45. The molecule has 2 heterocycles. The Bertz CT molecular complexity index is 541. The van der Waals surface area contributed by atoms with Gasteiger partial charge >= 0.3 is 5.97 Å². The molecular formula is C16H22N2O5. The van der Waals surface area contributed by atoms with Crippen LogP contribution in [0.2, 0.25) is 0 Å². The van der Waals surface area contributed by atoms with Gasteiger partial charge in [-0.2, -0.15) is 0 Å². The number of ether oxygens (including phenoxy) is 1. The van der Waals surface area contributed by atoms with E-state index < -0.39 is 0 Å². The monoisotopic (exact) mass is 322 g/mol. The molecule has 1 N–H and O–H groups in total. The van der Waals surface area contributed by atoms with Gasteiger partial charge in [-0.25, -0.2) is 0 Å². The standard InChI is InChI=1S/C16H22N2O5/c1-2-23-16(21)12-4-3-8-18(10-12)14(19)5-7-17-15(20)13-6-9-22-11-13/h6,9,11-12H,2-5,7-8,10H2,1H3,(H,17,20). The predicted octanol–water partition coefficient (Wildman–Crippen LogP) is 1.20. The minimum absolute atomic E-state index is 0.0634. The summed E-state index contributed by atoms with van der Waals surface area (Å²) in [5, 5.41) is 2.67. The molecule has 7 nitrogen and oxygen atoms in total. The number of likely N-dealkylation sites (tertiary alicyclic amines) is 1. The van der Waals surface area contributed by atoms with Crippen LogP contribution in [0.25, 0.3) is 0 Å². The molecule has 0 aliphatic carbocycles. The highest BCUT2D eigenvalue weighted by molar-refractivity contribution is 5.94. The first-order valence-corrected chi connectivity index (χ1v) is 7.86. The van der Waals surface area contributed by atoms with Gasteiger partial charge in [0, 0.05) is 26.1 Å². The number of carbonyl (C=O) groups is 3. The molecule has 1 aromatic heterocycles. The number of hydrogen-bond donors (Lipinski definition) is 1. The summed E-state index contributed by atoms with van der Waals surface area (Å²) in [6.07, 6.45) is 4.52. The molecule has 1 atom stereocenters. The number of amides is 2. The molecule has 1 aromatic rings. The molecule has 0 spiro atoms. The molecule has 0 radical (unpaired) electrons. The zero-order valence-corrected chi connectivity index (χ0v) is 13.2. The normalized spacial score (nSPS) is 17.6. The Labute approximate surface area is 135 Å². The van der Waals surface area contributed by atoms with E-state index >= 15 is 0 Å². The highest BCUT2D eigenvalue weighted by Crippen LogP contribution is 2.18. The summed E-state index contributed by atoms with van der Waals surface area (Å²) in [6, 6.07) is 1.56. The summed E-state index contributed by atoms with van der Waals surface area (Å²) in [7, 11) is 0. The van der Waals surface area contributed by atoms with Crippen molar-refractivity contribution >= 4 is 17.8 Å². The van der Waals surface area contributed by atoms with Gasteiger partial charge in [0.15, 0.2) is 0 Å². The summed E-state index contributed by atoms with van der Waals surface area (Å²) in [5.74, 6) is -0.812. The fourth-order valence-electron chi connectivity index (χ4n) is 2.59. The van der Waals surface area contributed by atoms with Gasteiger partial charge in [0.2, 0.25) is 5.91 Å². The van der Waals surface area contributed by atoms with E-state index in [4.69, 9.17) is 9.15 Å². The maximum Gasteiger partial charge on any atom is 0.310 e. The van der Waals surface area contributed by atoms with E-state index in [0.29, 0.717) is 25.3 Å². The van der Waals surface area contributed by atoms with Gasteiger partial charge in [0.1, 0.15) is 6.26 Å². The molecule has 7 heteroatoms. The lowest BCUT2D eigenvalue weighted by molar-refractivity contribution is -0.151. The van der Waals surface area contributed by atoms with Crippen molar-refractivity contribution < 1.29 is 23.5 Å². The third-order valence-corrected chi connectivity index (χ3v) is 3.80. The summed E-state index contributed by atoms with van der Waals surface area (Å²) in [5.41, 5.74) is 0.429. The van der Waals surface area contributed by atoms with Crippen LogP contribution in [0.1, 0.15) is 36.5 Å². The predicted molar refractivity (Wildman–Crippen MR) is 81.6 cm³/mol. The van der Waals surface area contributed by atoms with Crippen LogP contribution in [0.4, 0.5) is 0 Å². The average Bonchev–Trinajstić information content (AvgIpc) is 3.09. The third-order valence-electron chi connectivity index (χ3n) is 3.80. The first-order chi connectivity index (χ1) is 11.1. The molecule has 1 saturated heterocycles. The van der Waals surface area contributed by atoms with E-state index in [0.717, 1.165) is 12.8 Å². The Morgan fingerprint density at radius 3 is 2.96 bits per heavy atom. The average molecular weight is 322 g/mol. The number of furan rings is 1. The molecule has 1 aliphatic heterocycles. The molecule has 0 saturated carbocycles. The maximum absolute atomic E-state index is 12.2. The zero-order chi connectivity index (χ0) is 16.7. The second kappa shape index (κ2) is 8.36. The van der Waals surface area contributed by atoms with Crippen LogP contribution in [-0.4, -0.2) is 48.9 Å². The van der Waals surface area contributed by atoms with Gasteiger partial charge < -0.3 is 19.4 Å². The van der Waals surface area contributed by atoms with Crippen molar-refractivity contribution in [2.75, 3.05) is 26.2 Å². The smallest absolute Gasteiger partial charge is 0.310 e. The number of esters is 1. The quantitative estimate of drug-likeness (QED) is 0.795. The van der Waals surface area contributed by atoms with E-state index in [1.54, 1.807) is 17.9 Å². The molecule has 1 fully saturated rings. The van der Waals surface area contributed by atoms with Gasteiger partial charge in [-0.15, -0.1) is 0 Å². The molecule has 0 aromatic carbocycles. The molecule has 23 heavy (non-hydrogen) atoms. The molecule has 0 bridgehead atoms. The number of piperidine rings is 1. The van der Waals surface area contributed by atoms with Crippen molar-refractivity contribution in [1.82, 2.24) is 10.2 Å². The Morgan fingerprint density at radius 2 is 2.26 bits per heavy atom. The molecule has 2 rings (SSSR count). The number of nitrogens with one attached hydrogen (secondary N) is 1. The number of hydrogen-bond acceptors (Lipinski definition) is 5. The minimum Gasteiger partial charge on any atom is -0.472 e. The van der Waals surface area contributed by atoms with Crippen molar-refractivity contribution in [3.8, 4) is 0 Å². The summed E-state index contributed by atoms with van der Waals surface area (Å²) < 4.78 is 9.85. The van der Waals surface area contributed by atoms with Gasteiger partial charge in [0.25, 0.3) is 5.91 Å². The second-order valence-electron chi connectivity index (χ2n) is 5.45. The lowest BCUT2D eigenvalue weighted by atomic mass is 9.98. The first-order valence-electron chi connectivity index (χ1n) is 7.86. The van der Waals surface area contributed by atoms with Crippen LogP contribution in [0, 0.1) is 5.92 Å². The molecule has 2 amide bonds. The van der Waals surface area contributed by atoms with Gasteiger partial charge in [0.05, 0.1) is 24.4 Å². The Morgan fingerprint density at radius 1 is 1.43 bits per heavy atom. The zero-order valence-electron chi connectivity index (χ0n) is 13.2. The molecular weight excluding hydrogens is 300 g/mol. The van der Waals surface area contributed by atoms with Crippen LogP contribution in [0.5, 0.6) is 0 Å². The number of nitrogens with zero attached hydrogens (tertiary/aromatic N) is 1. The van der Waals surface area contributed by atoms with Gasteiger partial charge in [-0.3, -0.25) is 14.4 Å². The number of carbonyl (C=O) groups excluding carboxylic acids is 3. The van der Waals surface area contributed by atoms with Crippen molar-refractivity contribution in [3.05, 3.63) is 24.2 Å². The largest absolute Gasteiger partial charge is 0.472 e. The van der Waals surface area contributed by atoms with Crippen molar-refractivity contribution in [3.63, 3.8) is 0 Å². The van der Waals surface area contributed by atoms with Crippen LogP contribution in [0.15, 0.2) is 23.0 Å². The van der Waals surface area contributed by atoms with Crippen LogP contribution in [-0.2, 0) is 14.3 Å². The number of rotatable bonds is 6. The van der Waals surface area contributed by atoms with E-state index in [1.165, 1.54) is 12.5 Å². The Balaban J connectivity index is 1.74. The SMILES string of the molecule is CCOC(=O)C1CCCN(C(=O)CCNC(=O)c2ccoc2)C1. The van der Waals surface area contributed by atoms with Gasteiger partial charge in [-0.05, 0) is 25.8 Å². The fraction of sp³-hybridized carbons (Fsp3) is 0.562. The molecule has 1 aliphatic rings. The van der Waals surface area contributed by atoms with Crippen LogP contribution in [0.3, 0.4) is 0 Å². The summed E-state index contributed by atoms with van der Waals surface area (Å²) in [6.45, 7) is 3.41. The lowest BCUT2D eigenvalue weighted by Crippen LogP contribution is -2.43. The topological polar surface area (TPSA) is 88.9 Å². The first kappa shape index (κ1) is 17.1. The third kappa shape index (κ3) is 4.84. The van der Waals surface area contributed by atoms with Crippen molar-refractivity contribution in [2.45, 2.75) is 26.2 Å². The summed E-state index contributed by atoms with van der Waals surface area (Å²) >= 11 is 0. The van der Waals surface area contributed by atoms with Crippen LogP contribution < -0.4 is 5.32 Å². The highest BCUT2D eigenvalue weighted by Gasteiger charge is 2.29. The minimum atomic E-state index is -0.269. The van der Waals surface area contributed by atoms with E-state index in [9.17, 15) is 14.4 Å². The maximum atomic E-state index is 12.2. The lowest BCUT2D eigenvalue weighted by Gasteiger charge is -2.31. The van der Waals surface area contributed by atoms with E-state index in [1.807, 2.05) is 0 Å². The molecule has 1 unspecified atom stereocenters. The van der Waals surface area contributed by atoms with E-state index in [2.05, 4.69) is 5.32 Å². The molecule has 126 valence electrons. The van der Waals surface area contributed by atoms with Gasteiger partial charge in [-0.1, -0.05) is 0 Å².